The third-order valence-electron chi connectivity index (χ3n) is 5.02. The second-order valence-corrected chi connectivity index (χ2v) is 8.03. The Morgan fingerprint density at radius 2 is 0.969 bits per heavy atom. The third-order valence-corrected chi connectivity index (χ3v) is 5.02. The van der Waals surface area contributed by atoms with E-state index in [-0.39, 0.29) is 11.8 Å². The zero-order valence-corrected chi connectivity index (χ0v) is 19.1. The van der Waals surface area contributed by atoms with Gasteiger partial charge in [0.2, 0.25) is 11.8 Å². The standard InChI is InChI=1S/C26H34N4O2/c1-21-11-15-23(16-12-21)19-27-29-25(31)9-7-5-3-4-6-8-10-26(32)30-28-20-24-17-13-22(2)14-18-24/h11-20H,3-10H2,1-2H3,(H,29,31)(H,30,32)/b27-19+,28-20+. The summed E-state index contributed by atoms with van der Waals surface area (Å²) >= 11 is 0. The SMILES string of the molecule is Cc1ccc(/C=N/NC(=O)CCCCCCCCC(=O)N/N=C/c2ccc(C)cc2)cc1. The monoisotopic (exact) mass is 434 g/mol. The van der Waals surface area contributed by atoms with Crippen LogP contribution in [0.2, 0.25) is 0 Å². The number of benzene rings is 2. The van der Waals surface area contributed by atoms with Crippen LogP contribution in [0.5, 0.6) is 0 Å². The lowest BCUT2D eigenvalue weighted by molar-refractivity contribution is -0.122. The number of rotatable bonds is 13. The van der Waals surface area contributed by atoms with Gasteiger partial charge in [0.25, 0.3) is 0 Å². The van der Waals surface area contributed by atoms with Crippen LogP contribution in [-0.2, 0) is 9.59 Å². The van der Waals surface area contributed by atoms with Gasteiger partial charge in [-0.3, -0.25) is 9.59 Å². The van der Waals surface area contributed by atoms with Crippen molar-refractivity contribution in [3.8, 4) is 0 Å². The van der Waals surface area contributed by atoms with Crippen LogP contribution in [0.1, 0.15) is 73.6 Å². The van der Waals surface area contributed by atoms with E-state index in [1.165, 1.54) is 11.1 Å². The summed E-state index contributed by atoms with van der Waals surface area (Å²) in [5.41, 5.74) is 9.45. The number of unbranched alkanes of at least 4 members (excludes halogenated alkanes) is 5. The van der Waals surface area contributed by atoms with E-state index < -0.39 is 0 Å². The molecule has 0 spiro atoms. The molecule has 170 valence electrons. The highest BCUT2D eigenvalue weighted by molar-refractivity contribution is 5.83. The summed E-state index contributed by atoms with van der Waals surface area (Å²) in [6, 6.07) is 15.9. The van der Waals surface area contributed by atoms with Crippen molar-refractivity contribution in [1.29, 1.82) is 0 Å². The Morgan fingerprint density at radius 3 is 1.34 bits per heavy atom. The molecule has 0 fully saturated rings. The molecule has 0 aliphatic heterocycles. The van der Waals surface area contributed by atoms with E-state index in [2.05, 4.69) is 21.1 Å². The van der Waals surface area contributed by atoms with Crippen LogP contribution in [0.15, 0.2) is 58.7 Å². The maximum absolute atomic E-state index is 11.8. The molecule has 0 aliphatic carbocycles. The van der Waals surface area contributed by atoms with Gasteiger partial charge in [-0.15, -0.1) is 0 Å². The van der Waals surface area contributed by atoms with E-state index in [0.29, 0.717) is 12.8 Å². The number of hydrogen-bond donors (Lipinski definition) is 2. The predicted molar refractivity (Wildman–Crippen MR) is 131 cm³/mol. The largest absolute Gasteiger partial charge is 0.273 e. The minimum Gasteiger partial charge on any atom is -0.273 e. The van der Waals surface area contributed by atoms with Crippen molar-refractivity contribution in [2.75, 3.05) is 0 Å². The van der Waals surface area contributed by atoms with E-state index in [9.17, 15) is 9.59 Å². The second kappa shape index (κ2) is 14.7. The third kappa shape index (κ3) is 11.2. The first-order valence-electron chi connectivity index (χ1n) is 11.3. The van der Waals surface area contributed by atoms with Crippen molar-refractivity contribution in [3.05, 3.63) is 70.8 Å². The number of nitrogens with zero attached hydrogens (tertiary/aromatic N) is 2. The zero-order valence-electron chi connectivity index (χ0n) is 19.1. The summed E-state index contributed by atoms with van der Waals surface area (Å²) in [6.07, 6.45) is 10.1. The number of amides is 2. The van der Waals surface area contributed by atoms with Crippen LogP contribution in [0.3, 0.4) is 0 Å². The van der Waals surface area contributed by atoms with Gasteiger partial charge < -0.3 is 0 Å². The van der Waals surface area contributed by atoms with E-state index in [4.69, 9.17) is 0 Å². The number of hydrazone groups is 2. The minimum atomic E-state index is -0.0591. The highest BCUT2D eigenvalue weighted by Gasteiger charge is 2.01. The lowest BCUT2D eigenvalue weighted by Crippen LogP contribution is -2.17. The van der Waals surface area contributed by atoms with Crippen LogP contribution in [0, 0.1) is 13.8 Å². The van der Waals surface area contributed by atoms with Crippen molar-refractivity contribution in [2.45, 2.75) is 65.2 Å². The fourth-order valence-electron chi connectivity index (χ4n) is 3.05. The van der Waals surface area contributed by atoms with Gasteiger partial charge in [-0.2, -0.15) is 10.2 Å². The number of hydrogen-bond acceptors (Lipinski definition) is 4. The molecule has 2 N–H and O–H groups in total. The van der Waals surface area contributed by atoms with E-state index in [0.717, 1.165) is 49.7 Å². The molecule has 2 aromatic carbocycles. The summed E-state index contributed by atoms with van der Waals surface area (Å²) < 4.78 is 0. The lowest BCUT2D eigenvalue weighted by Gasteiger charge is -2.02. The molecule has 0 radical (unpaired) electrons. The van der Waals surface area contributed by atoms with Crippen molar-refractivity contribution in [1.82, 2.24) is 10.9 Å². The van der Waals surface area contributed by atoms with Gasteiger partial charge in [-0.1, -0.05) is 85.3 Å². The first kappa shape index (κ1) is 25.0. The highest BCUT2D eigenvalue weighted by Crippen LogP contribution is 2.09. The molecule has 0 saturated heterocycles. The Balaban J connectivity index is 1.43. The van der Waals surface area contributed by atoms with Crippen LogP contribution < -0.4 is 10.9 Å². The van der Waals surface area contributed by atoms with Crippen molar-refractivity contribution < 1.29 is 9.59 Å². The Bertz CT molecular complexity index is 812. The summed E-state index contributed by atoms with van der Waals surface area (Å²) in [7, 11) is 0. The van der Waals surface area contributed by atoms with E-state index in [1.807, 2.05) is 62.4 Å². The molecule has 32 heavy (non-hydrogen) atoms. The minimum absolute atomic E-state index is 0.0591. The molecule has 0 saturated carbocycles. The van der Waals surface area contributed by atoms with Crippen LogP contribution >= 0.6 is 0 Å². The van der Waals surface area contributed by atoms with Crippen molar-refractivity contribution >= 4 is 24.2 Å². The van der Waals surface area contributed by atoms with Crippen LogP contribution in [0.4, 0.5) is 0 Å². The normalized spacial score (nSPS) is 11.2. The van der Waals surface area contributed by atoms with Crippen LogP contribution in [0.25, 0.3) is 0 Å². The topological polar surface area (TPSA) is 82.9 Å². The number of nitrogens with one attached hydrogen (secondary N) is 2. The summed E-state index contributed by atoms with van der Waals surface area (Å²) in [4.78, 5) is 23.6. The van der Waals surface area contributed by atoms with E-state index in [1.54, 1.807) is 12.4 Å². The summed E-state index contributed by atoms with van der Waals surface area (Å²) in [6.45, 7) is 4.06. The van der Waals surface area contributed by atoms with Crippen molar-refractivity contribution in [3.63, 3.8) is 0 Å². The number of carbonyl (C=O) groups excluding carboxylic acids is 2. The second-order valence-electron chi connectivity index (χ2n) is 8.03. The van der Waals surface area contributed by atoms with Gasteiger partial charge in [-0.25, -0.2) is 10.9 Å². The molecule has 0 heterocycles. The maximum Gasteiger partial charge on any atom is 0.240 e. The zero-order chi connectivity index (χ0) is 23.0. The summed E-state index contributed by atoms with van der Waals surface area (Å²) in [5.74, 6) is -0.118. The Morgan fingerprint density at radius 1 is 0.625 bits per heavy atom. The van der Waals surface area contributed by atoms with E-state index >= 15 is 0 Å². The molecule has 0 atom stereocenters. The highest BCUT2D eigenvalue weighted by atomic mass is 16.2. The lowest BCUT2D eigenvalue weighted by atomic mass is 10.1. The molecule has 0 aliphatic rings. The van der Waals surface area contributed by atoms with Gasteiger partial charge in [-0.05, 0) is 37.8 Å². The van der Waals surface area contributed by atoms with Gasteiger partial charge >= 0.3 is 0 Å². The Labute approximate surface area is 191 Å². The molecule has 6 nitrogen and oxygen atoms in total. The van der Waals surface area contributed by atoms with Gasteiger partial charge in [0, 0.05) is 12.8 Å². The predicted octanol–water partition coefficient (Wildman–Crippen LogP) is 5.02. The first-order chi connectivity index (χ1) is 15.5. The fraction of sp³-hybridized carbons (Fsp3) is 0.385. The Kier molecular flexibility index (Phi) is 11.5. The molecule has 2 rings (SSSR count). The maximum atomic E-state index is 11.8. The first-order valence-corrected chi connectivity index (χ1v) is 11.3. The van der Waals surface area contributed by atoms with Gasteiger partial charge in [0.05, 0.1) is 12.4 Å². The van der Waals surface area contributed by atoms with Crippen LogP contribution in [-0.4, -0.2) is 24.2 Å². The fourth-order valence-corrected chi connectivity index (χ4v) is 3.05. The molecule has 0 aromatic heterocycles. The summed E-state index contributed by atoms with van der Waals surface area (Å²) in [5, 5.41) is 7.99. The molecule has 2 aromatic rings. The number of aryl methyl sites for hydroxylation is 2. The Hall–Kier alpha value is -3.28. The molecule has 0 bridgehead atoms. The van der Waals surface area contributed by atoms with Crippen molar-refractivity contribution in [2.24, 2.45) is 10.2 Å². The van der Waals surface area contributed by atoms with Gasteiger partial charge in [0.1, 0.15) is 0 Å². The average molecular weight is 435 g/mol. The molecular weight excluding hydrogens is 400 g/mol. The molecular formula is C26H34N4O2. The molecule has 0 unspecified atom stereocenters. The molecule has 2 amide bonds. The molecule has 6 heteroatoms. The number of carbonyl (C=O) groups is 2. The van der Waals surface area contributed by atoms with Gasteiger partial charge in [0.15, 0.2) is 0 Å². The smallest absolute Gasteiger partial charge is 0.240 e. The quantitative estimate of drug-likeness (QED) is 0.263. The average Bonchev–Trinajstić information content (AvgIpc) is 2.78.